The van der Waals surface area contributed by atoms with Crippen LogP contribution in [0.25, 0.3) is 6.08 Å². The zero-order chi connectivity index (χ0) is 9.84. The van der Waals surface area contributed by atoms with Crippen LogP contribution >= 0.6 is 0 Å². The molecule has 4 nitrogen and oxygen atoms in total. The first-order valence-corrected chi connectivity index (χ1v) is 3.87. The van der Waals surface area contributed by atoms with Crippen LogP contribution in [0.1, 0.15) is 12.5 Å². The van der Waals surface area contributed by atoms with Gasteiger partial charge in [0.1, 0.15) is 7.05 Å². The largest absolute Gasteiger partial charge is 0.259 e. The van der Waals surface area contributed by atoms with Crippen molar-refractivity contribution < 1.29 is 9.49 Å². The van der Waals surface area contributed by atoms with Crippen LogP contribution in [0.15, 0.2) is 30.2 Å². The molecule has 68 valence electrons. The molecule has 0 aromatic carbocycles. The maximum atomic E-state index is 10.3. The van der Waals surface area contributed by atoms with Gasteiger partial charge in [0, 0.05) is 25.1 Å². The molecule has 0 aliphatic heterocycles. The number of hydrogen-bond donors (Lipinski definition) is 0. The van der Waals surface area contributed by atoms with E-state index < -0.39 is 4.92 Å². The van der Waals surface area contributed by atoms with Gasteiger partial charge in [0.15, 0.2) is 12.4 Å². The maximum absolute atomic E-state index is 10.3. The van der Waals surface area contributed by atoms with Gasteiger partial charge < -0.3 is 0 Å². The Morgan fingerprint density at radius 3 is 2.54 bits per heavy atom. The summed E-state index contributed by atoms with van der Waals surface area (Å²) in [5.41, 5.74) is 0.987. The van der Waals surface area contributed by atoms with Crippen LogP contribution in [0.3, 0.4) is 0 Å². The molecule has 0 aliphatic rings. The number of aromatic nitrogens is 1. The van der Waals surface area contributed by atoms with Gasteiger partial charge in [-0.3, -0.25) is 10.1 Å². The molecule has 0 unspecified atom stereocenters. The summed E-state index contributed by atoms with van der Waals surface area (Å²) in [6.07, 6.45) is 5.23. The van der Waals surface area contributed by atoms with Crippen molar-refractivity contribution in [2.45, 2.75) is 6.92 Å². The second-order valence-corrected chi connectivity index (χ2v) is 2.84. The summed E-state index contributed by atoms with van der Waals surface area (Å²) in [5.74, 6) is 0. The minimum Gasteiger partial charge on any atom is -0.259 e. The second kappa shape index (κ2) is 3.80. The fourth-order valence-electron chi connectivity index (χ4n) is 0.903. The first-order chi connectivity index (χ1) is 6.09. The van der Waals surface area contributed by atoms with E-state index in [0.29, 0.717) is 0 Å². The Hall–Kier alpha value is -1.71. The van der Waals surface area contributed by atoms with E-state index in [1.165, 1.54) is 6.92 Å². The Bertz CT molecular complexity index is 341. The normalized spacial score (nSPS) is 11.4. The highest BCUT2D eigenvalue weighted by molar-refractivity contribution is 5.48. The monoisotopic (exact) mass is 179 g/mol. The number of nitro groups is 1. The Balaban J connectivity index is 2.92. The summed E-state index contributed by atoms with van der Waals surface area (Å²) < 4.78 is 1.87. The minimum absolute atomic E-state index is 0.147. The summed E-state index contributed by atoms with van der Waals surface area (Å²) in [5, 5.41) is 10.3. The van der Waals surface area contributed by atoms with E-state index in [9.17, 15) is 10.1 Å². The zero-order valence-electron chi connectivity index (χ0n) is 7.60. The third kappa shape index (κ3) is 2.66. The molecule has 0 N–H and O–H groups in total. The predicted octanol–water partition coefficient (Wildman–Crippen LogP) is 1.15. The summed E-state index contributed by atoms with van der Waals surface area (Å²) in [6.45, 7) is 1.48. The molecular weight excluding hydrogens is 168 g/mol. The van der Waals surface area contributed by atoms with E-state index in [0.717, 1.165) is 5.56 Å². The molecule has 0 saturated carbocycles. The van der Waals surface area contributed by atoms with Gasteiger partial charge in [0.2, 0.25) is 5.70 Å². The van der Waals surface area contributed by atoms with Gasteiger partial charge in [-0.15, -0.1) is 0 Å². The number of hydrogen-bond acceptors (Lipinski definition) is 2. The number of rotatable bonds is 2. The minimum atomic E-state index is -0.396. The lowest BCUT2D eigenvalue weighted by molar-refractivity contribution is -0.671. The average Bonchev–Trinajstić information content (AvgIpc) is 2.08. The molecule has 0 bridgehead atoms. The smallest absolute Gasteiger partial charge is 0.243 e. The Morgan fingerprint density at radius 1 is 1.54 bits per heavy atom. The maximum Gasteiger partial charge on any atom is 0.243 e. The lowest BCUT2D eigenvalue weighted by atomic mass is 10.2. The Kier molecular flexibility index (Phi) is 2.74. The van der Waals surface area contributed by atoms with Crippen LogP contribution in [0.5, 0.6) is 0 Å². The zero-order valence-corrected chi connectivity index (χ0v) is 7.60. The van der Waals surface area contributed by atoms with Gasteiger partial charge in [0.25, 0.3) is 0 Å². The topological polar surface area (TPSA) is 47.0 Å². The number of nitrogens with zero attached hydrogens (tertiary/aromatic N) is 2. The van der Waals surface area contributed by atoms with Crippen LogP contribution in [0, 0.1) is 10.1 Å². The molecule has 1 rings (SSSR count). The molecule has 0 aliphatic carbocycles. The fourth-order valence-corrected chi connectivity index (χ4v) is 0.903. The van der Waals surface area contributed by atoms with Gasteiger partial charge in [-0.05, 0) is 5.56 Å². The van der Waals surface area contributed by atoms with Crippen LogP contribution in [-0.4, -0.2) is 4.92 Å². The second-order valence-electron chi connectivity index (χ2n) is 2.84. The molecule has 0 spiro atoms. The number of allylic oxidation sites excluding steroid dienone is 1. The SMILES string of the molecule is C/C(=C\c1cc[n+](C)cc1)[N+](=O)[O-]. The average molecular weight is 179 g/mol. The van der Waals surface area contributed by atoms with Gasteiger partial charge in [-0.1, -0.05) is 0 Å². The van der Waals surface area contributed by atoms with Crippen LogP contribution in [0.2, 0.25) is 0 Å². The molecule has 0 atom stereocenters. The van der Waals surface area contributed by atoms with E-state index >= 15 is 0 Å². The predicted molar refractivity (Wildman–Crippen MR) is 48.3 cm³/mol. The summed E-state index contributed by atoms with van der Waals surface area (Å²) in [7, 11) is 1.90. The van der Waals surface area contributed by atoms with Crippen molar-refractivity contribution in [2.24, 2.45) is 7.05 Å². The summed E-state index contributed by atoms with van der Waals surface area (Å²) in [4.78, 5) is 9.91. The third-order valence-corrected chi connectivity index (χ3v) is 1.67. The Labute approximate surface area is 76.3 Å². The highest BCUT2D eigenvalue weighted by Crippen LogP contribution is 2.04. The van der Waals surface area contributed by atoms with E-state index in [2.05, 4.69) is 0 Å². The highest BCUT2D eigenvalue weighted by Gasteiger charge is 2.02. The molecule has 1 aromatic heterocycles. The van der Waals surface area contributed by atoms with Crippen molar-refractivity contribution in [1.29, 1.82) is 0 Å². The van der Waals surface area contributed by atoms with Gasteiger partial charge in [-0.2, -0.15) is 0 Å². The molecule has 0 radical (unpaired) electrons. The number of pyridine rings is 1. The van der Waals surface area contributed by atoms with Crippen molar-refractivity contribution in [2.75, 3.05) is 0 Å². The standard InChI is InChI=1S/C9H11N2O2/c1-8(11(12)13)7-9-3-5-10(2)6-4-9/h3-7H,1-2H3/q+1/b8-7+. The van der Waals surface area contributed by atoms with Crippen molar-refractivity contribution in [3.63, 3.8) is 0 Å². The van der Waals surface area contributed by atoms with Crippen LogP contribution < -0.4 is 4.57 Å². The molecule has 1 aromatic rings. The molecule has 13 heavy (non-hydrogen) atoms. The van der Waals surface area contributed by atoms with Crippen molar-refractivity contribution in [3.8, 4) is 0 Å². The van der Waals surface area contributed by atoms with Crippen molar-refractivity contribution in [1.82, 2.24) is 0 Å². The van der Waals surface area contributed by atoms with E-state index in [4.69, 9.17) is 0 Å². The first-order valence-electron chi connectivity index (χ1n) is 3.87. The summed E-state index contributed by atoms with van der Waals surface area (Å²) >= 11 is 0. The molecule has 1 heterocycles. The number of aryl methyl sites for hydroxylation is 1. The van der Waals surface area contributed by atoms with Crippen molar-refractivity contribution in [3.05, 3.63) is 45.9 Å². The molecule has 4 heteroatoms. The lowest BCUT2D eigenvalue weighted by Gasteiger charge is -1.91. The lowest BCUT2D eigenvalue weighted by Crippen LogP contribution is -2.25. The Morgan fingerprint density at radius 2 is 2.08 bits per heavy atom. The van der Waals surface area contributed by atoms with Crippen LogP contribution in [0.4, 0.5) is 0 Å². The molecular formula is C9H11N2O2+. The van der Waals surface area contributed by atoms with Gasteiger partial charge >= 0.3 is 0 Å². The van der Waals surface area contributed by atoms with Crippen LogP contribution in [-0.2, 0) is 7.05 Å². The highest BCUT2D eigenvalue weighted by atomic mass is 16.6. The van der Waals surface area contributed by atoms with Gasteiger partial charge in [0.05, 0.1) is 4.92 Å². The molecule has 0 fully saturated rings. The fraction of sp³-hybridized carbons (Fsp3) is 0.222. The third-order valence-electron chi connectivity index (χ3n) is 1.67. The van der Waals surface area contributed by atoms with Crippen molar-refractivity contribution >= 4 is 6.08 Å². The van der Waals surface area contributed by atoms with E-state index in [1.54, 1.807) is 6.08 Å². The first kappa shape index (κ1) is 9.38. The quantitative estimate of drug-likeness (QED) is 0.388. The van der Waals surface area contributed by atoms with E-state index in [1.807, 2.05) is 36.1 Å². The van der Waals surface area contributed by atoms with Gasteiger partial charge in [-0.25, -0.2) is 4.57 Å². The molecule has 0 saturated heterocycles. The van der Waals surface area contributed by atoms with E-state index in [-0.39, 0.29) is 5.70 Å². The summed E-state index contributed by atoms with van der Waals surface area (Å²) in [6, 6.07) is 3.65. The molecule has 0 amide bonds.